The number of aliphatic hydroxyl groups is 1. The van der Waals surface area contributed by atoms with Gasteiger partial charge in [-0.3, -0.25) is 4.57 Å². The van der Waals surface area contributed by atoms with Gasteiger partial charge in [0, 0.05) is 31.1 Å². The van der Waals surface area contributed by atoms with Gasteiger partial charge >= 0.3 is 5.69 Å². The maximum Gasteiger partial charge on any atom is 0.350 e. The highest BCUT2D eigenvalue weighted by molar-refractivity contribution is 6.34. The lowest BCUT2D eigenvalue weighted by Crippen LogP contribution is -2.26. The lowest BCUT2D eigenvalue weighted by Gasteiger charge is -2.31. The van der Waals surface area contributed by atoms with Gasteiger partial charge in [-0.25, -0.2) is 14.2 Å². The van der Waals surface area contributed by atoms with Gasteiger partial charge in [-0.2, -0.15) is 4.68 Å². The molecule has 3 heterocycles. The van der Waals surface area contributed by atoms with E-state index in [0.29, 0.717) is 35.2 Å². The van der Waals surface area contributed by atoms with E-state index in [2.05, 4.69) is 16.7 Å². The van der Waals surface area contributed by atoms with Gasteiger partial charge in [-0.15, -0.1) is 5.10 Å². The Morgan fingerprint density at radius 2 is 2.12 bits per heavy atom. The molecule has 178 valence electrons. The van der Waals surface area contributed by atoms with Gasteiger partial charge in [0.15, 0.2) is 5.82 Å². The standard InChI is InChI=1S/C24H25ClFN5O3/c1-6-30-20(12-32)28-31(24(30)33)19-8-16-15(7-18(19)26)10-29(11-17(16)13(2)3)22-14(4)9-27-23(34-5)21(22)25/h7-9,11,32H,2,6,10,12H2,1,3-5H3. The predicted octanol–water partition coefficient (Wildman–Crippen LogP) is 3.99. The number of benzene rings is 1. The summed E-state index contributed by atoms with van der Waals surface area (Å²) in [6.07, 6.45) is 3.56. The molecule has 1 aromatic carbocycles. The number of pyridine rings is 1. The van der Waals surface area contributed by atoms with E-state index < -0.39 is 18.1 Å². The molecule has 0 amide bonds. The Morgan fingerprint density at radius 3 is 2.71 bits per heavy atom. The van der Waals surface area contributed by atoms with Crippen LogP contribution < -0.4 is 15.3 Å². The van der Waals surface area contributed by atoms with Crippen LogP contribution in [0.4, 0.5) is 10.1 Å². The molecule has 0 bridgehead atoms. The van der Waals surface area contributed by atoms with Crippen LogP contribution in [0.15, 0.2) is 41.5 Å². The van der Waals surface area contributed by atoms with E-state index in [1.807, 2.05) is 24.9 Å². The first-order chi connectivity index (χ1) is 16.2. The van der Waals surface area contributed by atoms with Crippen molar-refractivity contribution in [3.63, 3.8) is 0 Å². The van der Waals surface area contributed by atoms with Gasteiger partial charge in [0.1, 0.15) is 23.1 Å². The average molecular weight is 486 g/mol. The van der Waals surface area contributed by atoms with Crippen molar-refractivity contribution in [1.29, 1.82) is 0 Å². The number of rotatable bonds is 6. The average Bonchev–Trinajstić information content (AvgIpc) is 3.13. The molecule has 34 heavy (non-hydrogen) atoms. The van der Waals surface area contributed by atoms with Crippen molar-refractivity contribution in [2.75, 3.05) is 12.0 Å². The number of hydrogen-bond acceptors (Lipinski definition) is 6. The Balaban J connectivity index is 1.89. The van der Waals surface area contributed by atoms with Gasteiger partial charge in [-0.05, 0) is 55.2 Å². The van der Waals surface area contributed by atoms with Crippen molar-refractivity contribution in [2.24, 2.45) is 0 Å². The van der Waals surface area contributed by atoms with Gasteiger partial charge < -0.3 is 14.7 Å². The fraction of sp³-hybridized carbons (Fsp3) is 0.292. The molecule has 1 aliphatic heterocycles. The highest BCUT2D eigenvalue weighted by Gasteiger charge is 2.26. The first-order valence-corrected chi connectivity index (χ1v) is 11.1. The molecule has 0 saturated heterocycles. The van der Waals surface area contributed by atoms with Crippen LogP contribution in [0.5, 0.6) is 5.88 Å². The van der Waals surface area contributed by atoms with E-state index >= 15 is 4.39 Å². The molecule has 0 saturated carbocycles. The largest absolute Gasteiger partial charge is 0.480 e. The molecule has 3 aromatic rings. The fourth-order valence-corrected chi connectivity index (χ4v) is 4.54. The summed E-state index contributed by atoms with van der Waals surface area (Å²) in [5.74, 6) is -0.141. The number of nitrogens with zero attached hydrogens (tertiary/aromatic N) is 5. The maximum absolute atomic E-state index is 15.3. The third kappa shape index (κ3) is 3.80. The van der Waals surface area contributed by atoms with Gasteiger partial charge in [0.05, 0.1) is 12.8 Å². The Kier molecular flexibility index (Phi) is 6.33. The third-order valence-corrected chi connectivity index (χ3v) is 6.14. The van der Waals surface area contributed by atoms with Crippen molar-refractivity contribution in [3.05, 3.63) is 80.5 Å². The second-order valence-electron chi connectivity index (χ2n) is 8.04. The van der Waals surface area contributed by atoms with Crippen LogP contribution in [-0.2, 0) is 19.7 Å². The topological polar surface area (TPSA) is 85.4 Å². The Hall–Kier alpha value is -3.43. The Morgan fingerprint density at radius 1 is 1.38 bits per heavy atom. The SMILES string of the molecule is C=C(C)C1=CN(c2c(C)cnc(OC)c2Cl)Cc2cc(F)c(-n3nc(CO)n(CC)c3=O)cc21. The molecular formula is C24H25ClFN5O3. The molecule has 8 nitrogen and oxygen atoms in total. The van der Waals surface area contributed by atoms with Crippen LogP contribution >= 0.6 is 11.6 Å². The first-order valence-electron chi connectivity index (χ1n) is 10.7. The number of aromatic nitrogens is 4. The number of methoxy groups -OCH3 is 1. The van der Waals surface area contributed by atoms with Crippen LogP contribution in [0.1, 0.15) is 36.4 Å². The summed E-state index contributed by atoms with van der Waals surface area (Å²) in [5, 5.41) is 14.0. The van der Waals surface area contributed by atoms with Crippen molar-refractivity contribution < 1.29 is 14.2 Å². The fourth-order valence-electron chi connectivity index (χ4n) is 4.16. The smallest absolute Gasteiger partial charge is 0.350 e. The third-order valence-electron chi connectivity index (χ3n) is 5.80. The van der Waals surface area contributed by atoms with E-state index in [1.165, 1.54) is 17.7 Å². The minimum atomic E-state index is -0.607. The summed E-state index contributed by atoms with van der Waals surface area (Å²) >= 11 is 6.58. The molecule has 0 fully saturated rings. The van der Waals surface area contributed by atoms with Crippen LogP contribution in [0.2, 0.25) is 5.02 Å². The number of anilines is 1. The van der Waals surface area contributed by atoms with Crippen LogP contribution in [-0.4, -0.2) is 31.5 Å². The molecule has 10 heteroatoms. The number of aliphatic hydroxyl groups excluding tert-OH is 1. The summed E-state index contributed by atoms with van der Waals surface area (Å²) in [4.78, 5) is 18.9. The molecular weight excluding hydrogens is 461 g/mol. The normalized spacial score (nSPS) is 13.0. The molecule has 1 aliphatic rings. The zero-order chi connectivity index (χ0) is 24.7. The van der Waals surface area contributed by atoms with E-state index in [1.54, 1.807) is 19.2 Å². The van der Waals surface area contributed by atoms with Crippen molar-refractivity contribution >= 4 is 22.9 Å². The molecule has 0 aliphatic carbocycles. The molecule has 4 rings (SSSR count). The lowest BCUT2D eigenvalue weighted by molar-refractivity contribution is 0.264. The van der Waals surface area contributed by atoms with E-state index in [-0.39, 0.29) is 11.5 Å². The Labute approximate surface area is 201 Å². The number of ether oxygens (including phenoxy) is 1. The van der Waals surface area contributed by atoms with Crippen LogP contribution in [0, 0.1) is 12.7 Å². The zero-order valence-corrected chi connectivity index (χ0v) is 20.1. The molecule has 2 aromatic heterocycles. The summed E-state index contributed by atoms with van der Waals surface area (Å²) in [6, 6.07) is 2.99. The Bertz CT molecular complexity index is 1390. The van der Waals surface area contributed by atoms with Gasteiger partial charge in [0.25, 0.3) is 0 Å². The predicted molar refractivity (Wildman–Crippen MR) is 129 cm³/mol. The van der Waals surface area contributed by atoms with E-state index in [9.17, 15) is 9.90 Å². The molecule has 0 unspecified atom stereocenters. The molecule has 1 N–H and O–H groups in total. The molecule has 0 atom stereocenters. The second-order valence-corrected chi connectivity index (χ2v) is 8.42. The van der Waals surface area contributed by atoms with Crippen molar-refractivity contribution in [3.8, 4) is 11.6 Å². The highest BCUT2D eigenvalue weighted by atomic mass is 35.5. The minimum absolute atomic E-state index is 0.00560. The number of hydrogen-bond donors (Lipinski definition) is 1. The first kappa shape index (κ1) is 23.7. The second kappa shape index (κ2) is 9.08. The number of aryl methyl sites for hydroxylation is 1. The summed E-state index contributed by atoms with van der Waals surface area (Å²) in [5.41, 5.74) is 3.96. The van der Waals surface area contributed by atoms with E-state index in [0.717, 1.165) is 27.0 Å². The van der Waals surface area contributed by atoms with Crippen molar-refractivity contribution in [2.45, 2.75) is 40.5 Å². The lowest BCUT2D eigenvalue weighted by atomic mass is 9.91. The molecule has 0 spiro atoms. The van der Waals surface area contributed by atoms with Crippen molar-refractivity contribution in [1.82, 2.24) is 19.3 Å². The number of allylic oxidation sites excluding steroid dienone is 2. The number of fused-ring (bicyclic) bond motifs is 1. The zero-order valence-electron chi connectivity index (χ0n) is 19.4. The highest BCUT2D eigenvalue weighted by Crippen LogP contribution is 2.41. The molecule has 0 radical (unpaired) electrons. The van der Waals surface area contributed by atoms with Gasteiger partial charge in [-0.1, -0.05) is 18.2 Å². The summed E-state index contributed by atoms with van der Waals surface area (Å²) in [7, 11) is 1.49. The summed E-state index contributed by atoms with van der Waals surface area (Å²) in [6.45, 7) is 9.80. The van der Waals surface area contributed by atoms with Crippen LogP contribution in [0.3, 0.4) is 0 Å². The number of halogens is 2. The van der Waals surface area contributed by atoms with Crippen LogP contribution in [0.25, 0.3) is 11.3 Å². The monoisotopic (exact) mass is 485 g/mol. The van der Waals surface area contributed by atoms with E-state index in [4.69, 9.17) is 16.3 Å². The summed E-state index contributed by atoms with van der Waals surface area (Å²) < 4.78 is 22.9. The quantitative estimate of drug-likeness (QED) is 0.568. The minimum Gasteiger partial charge on any atom is -0.480 e. The van der Waals surface area contributed by atoms with Gasteiger partial charge in [0.2, 0.25) is 5.88 Å². The maximum atomic E-state index is 15.3.